The molecule has 1 aliphatic heterocycles. The summed E-state index contributed by atoms with van der Waals surface area (Å²) < 4.78 is 11.0. The van der Waals surface area contributed by atoms with Crippen LogP contribution in [-0.2, 0) is 17.8 Å². The van der Waals surface area contributed by atoms with Crippen molar-refractivity contribution < 1.29 is 13.6 Å². The van der Waals surface area contributed by atoms with E-state index in [1.807, 2.05) is 30.0 Å². The van der Waals surface area contributed by atoms with Crippen molar-refractivity contribution >= 4 is 11.6 Å². The summed E-state index contributed by atoms with van der Waals surface area (Å²) in [6.45, 7) is 4.15. The molecule has 0 spiro atoms. The first-order valence-corrected chi connectivity index (χ1v) is 8.69. The lowest BCUT2D eigenvalue weighted by Gasteiger charge is -2.22. The highest BCUT2D eigenvalue weighted by atomic mass is 16.4. The van der Waals surface area contributed by atoms with Crippen LogP contribution in [0.25, 0.3) is 11.7 Å². The molecule has 6 heteroatoms. The number of para-hydroxylation sites is 1. The van der Waals surface area contributed by atoms with E-state index in [1.165, 1.54) is 0 Å². The van der Waals surface area contributed by atoms with E-state index < -0.39 is 0 Å². The van der Waals surface area contributed by atoms with Crippen LogP contribution in [0.3, 0.4) is 0 Å². The minimum atomic E-state index is 0.0233. The Bertz CT molecular complexity index is 914. The van der Waals surface area contributed by atoms with Crippen molar-refractivity contribution in [3.8, 4) is 11.7 Å². The highest BCUT2D eigenvalue weighted by Crippen LogP contribution is 2.26. The molecule has 0 saturated carbocycles. The molecular formula is C20H21N3O3. The Morgan fingerprint density at radius 1 is 1.19 bits per heavy atom. The van der Waals surface area contributed by atoms with Crippen LogP contribution in [0.15, 0.2) is 51.5 Å². The maximum Gasteiger partial charge on any atom is 0.263 e. The number of nitrogens with zero attached hydrogens (tertiary/aromatic N) is 3. The quantitative estimate of drug-likeness (QED) is 0.725. The summed E-state index contributed by atoms with van der Waals surface area (Å²) in [5.74, 6) is 1.64. The van der Waals surface area contributed by atoms with Gasteiger partial charge in [0, 0.05) is 25.3 Å². The van der Waals surface area contributed by atoms with Crippen LogP contribution in [-0.4, -0.2) is 35.9 Å². The van der Waals surface area contributed by atoms with Gasteiger partial charge in [0.15, 0.2) is 5.76 Å². The van der Waals surface area contributed by atoms with Crippen LogP contribution in [0, 0.1) is 6.92 Å². The molecule has 1 amide bonds. The summed E-state index contributed by atoms with van der Waals surface area (Å²) in [5, 5.41) is 0. The van der Waals surface area contributed by atoms with Crippen molar-refractivity contribution in [1.29, 1.82) is 0 Å². The number of rotatable bonds is 3. The molecule has 1 aliphatic rings. The van der Waals surface area contributed by atoms with Crippen LogP contribution in [0.5, 0.6) is 0 Å². The van der Waals surface area contributed by atoms with E-state index in [-0.39, 0.29) is 12.3 Å². The number of aromatic nitrogens is 1. The number of hydrogen-bond donors (Lipinski definition) is 0. The van der Waals surface area contributed by atoms with E-state index in [1.54, 1.807) is 18.4 Å². The molecule has 0 atom stereocenters. The van der Waals surface area contributed by atoms with Gasteiger partial charge in [0.2, 0.25) is 5.91 Å². The molecule has 3 heterocycles. The number of aryl methyl sites for hydroxylation is 1. The second-order valence-corrected chi connectivity index (χ2v) is 6.59. The summed E-state index contributed by atoms with van der Waals surface area (Å²) in [6, 6.07) is 11.6. The Kier molecular flexibility index (Phi) is 4.34. The van der Waals surface area contributed by atoms with Crippen molar-refractivity contribution in [2.24, 2.45) is 0 Å². The number of likely N-dealkylation sites (N-methyl/N-ethyl adjacent to an activating group) is 1. The summed E-state index contributed by atoms with van der Waals surface area (Å²) in [4.78, 5) is 21.6. The first kappa shape index (κ1) is 16.6. The highest BCUT2D eigenvalue weighted by molar-refractivity contribution is 5.95. The van der Waals surface area contributed by atoms with Crippen LogP contribution < -0.4 is 4.90 Å². The van der Waals surface area contributed by atoms with Crippen LogP contribution >= 0.6 is 0 Å². The van der Waals surface area contributed by atoms with Crippen LogP contribution in [0.2, 0.25) is 0 Å². The third-order valence-corrected chi connectivity index (χ3v) is 4.67. The first-order chi connectivity index (χ1) is 12.6. The van der Waals surface area contributed by atoms with Gasteiger partial charge in [-0.3, -0.25) is 4.79 Å². The maximum atomic E-state index is 13.0. The fraction of sp³-hybridized carbons (Fsp3) is 0.300. The first-order valence-electron chi connectivity index (χ1n) is 8.69. The van der Waals surface area contributed by atoms with E-state index in [9.17, 15) is 4.79 Å². The molecule has 0 fully saturated rings. The number of anilines is 1. The average molecular weight is 351 g/mol. The van der Waals surface area contributed by atoms with Gasteiger partial charge in [0.05, 0.1) is 18.4 Å². The van der Waals surface area contributed by atoms with E-state index in [4.69, 9.17) is 8.83 Å². The number of carbonyl (C=O) groups excluding carboxylic acids is 1. The SMILES string of the molecule is Cc1oc(-c2ccco2)nc1CC(=O)N1CCN(C)Cc2ccccc21. The number of amides is 1. The summed E-state index contributed by atoms with van der Waals surface area (Å²) in [5.41, 5.74) is 2.79. The van der Waals surface area contributed by atoms with E-state index >= 15 is 0 Å². The van der Waals surface area contributed by atoms with Crippen molar-refractivity contribution in [1.82, 2.24) is 9.88 Å². The van der Waals surface area contributed by atoms with Crippen molar-refractivity contribution in [2.75, 3.05) is 25.0 Å². The largest absolute Gasteiger partial charge is 0.459 e. The minimum absolute atomic E-state index is 0.0233. The zero-order valence-corrected chi connectivity index (χ0v) is 14.9. The predicted octanol–water partition coefficient (Wildman–Crippen LogP) is 3.26. The molecule has 4 rings (SSSR count). The minimum Gasteiger partial charge on any atom is -0.459 e. The Labute approximate surface area is 152 Å². The van der Waals surface area contributed by atoms with E-state index in [0.29, 0.717) is 29.6 Å². The molecule has 134 valence electrons. The monoisotopic (exact) mass is 351 g/mol. The number of benzene rings is 1. The van der Waals surface area contributed by atoms with Gasteiger partial charge in [-0.1, -0.05) is 18.2 Å². The molecule has 0 N–H and O–H groups in total. The lowest BCUT2D eigenvalue weighted by Crippen LogP contribution is -2.36. The van der Waals surface area contributed by atoms with Crippen LogP contribution in [0.1, 0.15) is 17.0 Å². The molecule has 0 bridgehead atoms. The van der Waals surface area contributed by atoms with Gasteiger partial charge in [-0.2, -0.15) is 0 Å². The molecule has 3 aromatic rings. The molecule has 6 nitrogen and oxygen atoms in total. The Morgan fingerprint density at radius 2 is 2.04 bits per heavy atom. The molecule has 0 saturated heterocycles. The van der Waals surface area contributed by atoms with Crippen molar-refractivity contribution in [3.05, 3.63) is 59.7 Å². The van der Waals surface area contributed by atoms with Gasteiger partial charge >= 0.3 is 0 Å². The van der Waals surface area contributed by atoms with Crippen LogP contribution in [0.4, 0.5) is 5.69 Å². The average Bonchev–Trinajstić information content (AvgIpc) is 3.23. The van der Waals surface area contributed by atoms with E-state index in [0.717, 1.165) is 24.3 Å². The molecule has 1 aromatic carbocycles. The topological polar surface area (TPSA) is 62.7 Å². The van der Waals surface area contributed by atoms with Gasteiger partial charge in [0.1, 0.15) is 5.76 Å². The lowest BCUT2D eigenvalue weighted by molar-refractivity contribution is -0.118. The third-order valence-electron chi connectivity index (χ3n) is 4.67. The molecule has 26 heavy (non-hydrogen) atoms. The zero-order valence-electron chi connectivity index (χ0n) is 14.9. The Hall–Kier alpha value is -2.86. The van der Waals surface area contributed by atoms with Gasteiger partial charge in [-0.25, -0.2) is 4.98 Å². The molecule has 0 unspecified atom stereocenters. The number of fused-ring (bicyclic) bond motifs is 1. The van der Waals surface area contributed by atoms with Crippen molar-refractivity contribution in [3.63, 3.8) is 0 Å². The second-order valence-electron chi connectivity index (χ2n) is 6.59. The molecule has 0 radical (unpaired) electrons. The third kappa shape index (κ3) is 3.15. The fourth-order valence-corrected chi connectivity index (χ4v) is 3.26. The second kappa shape index (κ2) is 6.80. The number of hydrogen-bond acceptors (Lipinski definition) is 5. The summed E-state index contributed by atoms with van der Waals surface area (Å²) >= 11 is 0. The number of carbonyl (C=O) groups is 1. The molecule has 0 aliphatic carbocycles. The normalized spacial score (nSPS) is 14.9. The maximum absolute atomic E-state index is 13.0. The standard InChI is InChI=1S/C20H21N3O3/c1-14-16(21-20(26-14)18-8-5-11-25-18)12-19(24)23-10-9-22(2)13-15-6-3-4-7-17(15)23/h3-8,11H,9-10,12-13H2,1-2H3. The summed E-state index contributed by atoms with van der Waals surface area (Å²) in [7, 11) is 2.07. The lowest BCUT2D eigenvalue weighted by atomic mass is 10.1. The van der Waals surface area contributed by atoms with Gasteiger partial charge in [-0.15, -0.1) is 0 Å². The zero-order chi connectivity index (χ0) is 18.1. The number of furan rings is 1. The fourth-order valence-electron chi connectivity index (χ4n) is 3.26. The van der Waals surface area contributed by atoms with Gasteiger partial charge in [-0.05, 0) is 37.7 Å². The molecule has 2 aromatic heterocycles. The highest BCUT2D eigenvalue weighted by Gasteiger charge is 2.25. The Morgan fingerprint density at radius 3 is 2.85 bits per heavy atom. The van der Waals surface area contributed by atoms with Gasteiger partial charge in [0.25, 0.3) is 5.89 Å². The molecular weight excluding hydrogens is 330 g/mol. The van der Waals surface area contributed by atoms with Crippen molar-refractivity contribution in [2.45, 2.75) is 19.9 Å². The smallest absolute Gasteiger partial charge is 0.263 e. The summed E-state index contributed by atoms with van der Waals surface area (Å²) in [6.07, 6.45) is 1.78. The predicted molar refractivity (Wildman–Crippen MR) is 97.8 cm³/mol. The number of oxazole rings is 1. The van der Waals surface area contributed by atoms with E-state index in [2.05, 4.69) is 23.0 Å². The van der Waals surface area contributed by atoms with Gasteiger partial charge < -0.3 is 18.6 Å². The Balaban J connectivity index is 1.59.